The van der Waals surface area contributed by atoms with Gasteiger partial charge in [0.05, 0.1) is 18.6 Å². The zero-order valence-corrected chi connectivity index (χ0v) is 20.7. The number of hydrogen-bond donors (Lipinski definition) is 2. The van der Waals surface area contributed by atoms with Gasteiger partial charge in [-0.1, -0.05) is 26.0 Å². The van der Waals surface area contributed by atoms with Crippen LogP contribution in [0.2, 0.25) is 0 Å². The van der Waals surface area contributed by atoms with Crippen LogP contribution in [0.15, 0.2) is 77.8 Å². The number of pyridine rings is 1. The molecule has 2 aromatic carbocycles. The summed E-state index contributed by atoms with van der Waals surface area (Å²) in [6, 6.07) is 16.2. The van der Waals surface area contributed by atoms with Gasteiger partial charge in [-0.25, -0.2) is 13.4 Å². The summed E-state index contributed by atoms with van der Waals surface area (Å²) in [5, 5.41) is 2.71. The van der Waals surface area contributed by atoms with Gasteiger partial charge in [0, 0.05) is 18.0 Å². The fraction of sp³-hybridized carbons (Fsp3) is 0.231. The molecule has 0 spiro atoms. The van der Waals surface area contributed by atoms with E-state index in [-0.39, 0.29) is 16.6 Å². The van der Waals surface area contributed by atoms with E-state index in [4.69, 9.17) is 9.47 Å². The minimum atomic E-state index is -3.79. The van der Waals surface area contributed by atoms with Gasteiger partial charge in [-0.05, 0) is 72.5 Å². The Morgan fingerprint density at radius 3 is 2.49 bits per heavy atom. The maximum atomic E-state index is 12.5. The van der Waals surface area contributed by atoms with Crippen molar-refractivity contribution < 1.29 is 22.7 Å². The molecule has 0 unspecified atom stereocenters. The number of sulfonamides is 1. The van der Waals surface area contributed by atoms with Crippen LogP contribution in [-0.4, -0.2) is 33.0 Å². The highest BCUT2D eigenvalue weighted by atomic mass is 32.2. The lowest BCUT2D eigenvalue weighted by atomic mass is 10.1. The van der Waals surface area contributed by atoms with Gasteiger partial charge in [0.15, 0.2) is 11.5 Å². The molecule has 184 valence electrons. The van der Waals surface area contributed by atoms with Crippen LogP contribution in [0, 0.1) is 5.92 Å². The van der Waals surface area contributed by atoms with Crippen molar-refractivity contribution in [2.45, 2.75) is 25.2 Å². The van der Waals surface area contributed by atoms with Gasteiger partial charge in [0.2, 0.25) is 5.91 Å². The fourth-order valence-corrected chi connectivity index (χ4v) is 4.01. The predicted octanol–water partition coefficient (Wildman–Crippen LogP) is 4.97. The summed E-state index contributed by atoms with van der Waals surface area (Å²) in [7, 11) is -2.22. The summed E-state index contributed by atoms with van der Waals surface area (Å²) in [5.74, 6) is 1.66. The average Bonchev–Trinajstić information content (AvgIpc) is 2.83. The van der Waals surface area contributed by atoms with Crippen molar-refractivity contribution in [1.82, 2.24) is 4.98 Å². The molecule has 0 atom stereocenters. The summed E-state index contributed by atoms with van der Waals surface area (Å²) < 4.78 is 38.6. The zero-order valence-electron chi connectivity index (χ0n) is 19.9. The van der Waals surface area contributed by atoms with Crippen molar-refractivity contribution in [2.75, 3.05) is 23.8 Å². The van der Waals surface area contributed by atoms with Crippen molar-refractivity contribution in [3.63, 3.8) is 0 Å². The Hall–Kier alpha value is -3.85. The molecule has 35 heavy (non-hydrogen) atoms. The van der Waals surface area contributed by atoms with Gasteiger partial charge in [-0.15, -0.1) is 0 Å². The molecule has 1 amide bonds. The van der Waals surface area contributed by atoms with E-state index in [1.807, 2.05) is 12.1 Å². The molecule has 0 radical (unpaired) electrons. The smallest absolute Gasteiger partial charge is 0.263 e. The average molecular weight is 496 g/mol. The highest BCUT2D eigenvalue weighted by Crippen LogP contribution is 2.29. The molecule has 0 aliphatic carbocycles. The number of nitrogens with zero attached hydrogens (tertiary/aromatic N) is 1. The summed E-state index contributed by atoms with van der Waals surface area (Å²) in [6.07, 6.45) is 5.49. The first-order valence-corrected chi connectivity index (χ1v) is 12.6. The molecular formula is C26H29N3O5S. The highest BCUT2D eigenvalue weighted by molar-refractivity contribution is 7.92. The van der Waals surface area contributed by atoms with Crippen molar-refractivity contribution in [3.8, 4) is 11.5 Å². The van der Waals surface area contributed by atoms with Crippen molar-refractivity contribution >= 4 is 33.5 Å². The third kappa shape index (κ3) is 7.86. The number of rotatable bonds is 11. The number of carbonyl (C=O) groups is 1. The van der Waals surface area contributed by atoms with Crippen LogP contribution < -0.4 is 19.5 Å². The molecule has 0 saturated heterocycles. The maximum Gasteiger partial charge on any atom is 0.263 e. The lowest BCUT2D eigenvalue weighted by Gasteiger charge is -2.12. The van der Waals surface area contributed by atoms with Crippen LogP contribution in [0.3, 0.4) is 0 Å². The molecule has 0 aliphatic rings. The van der Waals surface area contributed by atoms with Crippen LogP contribution in [0.25, 0.3) is 6.08 Å². The number of amides is 1. The highest BCUT2D eigenvalue weighted by Gasteiger charge is 2.14. The third-order valence-electron chi connectivity index (χ3n) is 4.90. The second kappa shape index (κ2) is 12.0. The molecule has 0 fully saturated rings. The molecule has 8 nitrogen and oxygen atoms in total. The number of hydrogen-bond acceptors (Lipinski definition) is 6. The molecule has 0 saturated carbocycles. The molecule has 2 N–H and O–H groups in total. The fourth-order valence-electron chi connectivity index (χ4n) is 3.00. The SMILES string of the molecule is COc1cc(C=CC(=O)Nc2ccc(S(=O)(=O)Nc3ccccn3)cc2)ccc1OCCC(C)C. The number of ether oxygens (including phenoxy) is 2. The van der Waals surface area contributed by atoms with Gasteiger partial charge >= 0.3 is 0 Å². The van der Waals surface area contributed by atoms with E-state index in [2.05, 4.69) is 28.9 Å². The van der Waals surface area contributed by atoms with E-state index in [0.717, 1.165) is 12.0 Å². The molecular weight excluding hydrogens is 466 g/mol. The third-order valence-corrected chi connectivity index (χ3v) is 6.27. The lowest BCUT2D eigenvalue weighted by Crippen LogP contribution is -2.14. The first kappa shape index (κ1) is 25.8. The monoisotopic (exact) mass is 495 g/mol. The Morgan fingerprint density at radius 2 is 1.83 bits per heavy atom. The first-order chi connectivity index (χ1) is 16.8. The van der Waals surface area contributed by atoms with E-state index < -0.39 is 10.0 Å². The predicted molar refractivity (Wildman–Crippen MR) is 137 cm³/mol. The second-order valence-corrected chi connectivity index (χ2v) is 9.79. The Morgan fingerprint density at radius 1 is 1.06 bits per heavy atom. The summed E-state index contributed by atoms with van der Waals surface area (Å²) in [4.78, 5) is 16.4. The normalized spacial score (nSPS) is 11.4. The van der Waals surface area contributed by atoms with Crippen LogP contribution in [0.4, 0.5) is 11.5 Å². The quantitative estimate of drug-likeness (QED) is 0.364. The topological polar surface area (TPSA) is 107 Å². The molecule has 0 bridgehead atoms. The van der Waals surface area contributed by atoms with Crippen molar-refractivity contribution in [2.24, 2.45) is 5.92 Å². The van der Waals surface area contributed by atoms with E-state index in [9.17, 15) is 13.2 Å². The van der Waals surface area contributed by atoms with Crippen LogP contribution in [0.5, 0.6) is 11.5 Å². The Bertz CT molecular complexity index is 1260. The number of carbonyl (C=O) groups excluding carboxylic acids is 1. The molecule has 1 aromatic heterocycles. The lowest BCUT2D eigenvalue weighted by molar-refractivity contribution is -0.111. The number of nitrogens with one attached hydrogen (secondary N) is 2. The molecule has 1 heterocycles. The molecule has 0 aliphatic heterocycles. The van der Waals surface area contributed by atoms with E-state index in [1.165, 1.54) is 36.5 Å². The van der Waals surface area contributed by atoms with Gasteiger partial charge in [0.25, 0.3) is 10.0 Å². The maximum absolute atomic E-state index is 12.5. The van der Waals surface area contributed by atoms with E-state index in [0.29, 0.717) is 29.7 Å². The number of benzene rings is 2. The minimum absolute atomic E-state index is 0.0551. The standard InChI is InChI=1S/C26H29N3O5S/c1-19(2)15-17-34-23-13-7-20(18-24(23)33-3)8-14-26(30)28-21-9-11-22(12-10-21)35(31,32)29-25-6-4-5-16-27-25/h4-14,16,18-19H,15,17H2,1-3H3,(H,27,29)(H,28,30). The van der Waals surface area contributed by atoms with Crippen molar-refractivity contribution in [3.05, 3.63) is 78.5 Å². The number of methoxy groups -OCH3 is 1. The summed E-state index contributed by atoms with van der Waals surface area (Å²) in [5.41, 5.74) is 1.23. The number of aromatic nitrogens is 1. The largest absolute Gasteiger partial charge is 0.493 e. The zero-order chi connectivity index (χ0) is 25.3. The van der Waals surface area contributed by atoms with Gasteiger partial charge in [-0.3, -0.25) is 9.52 Å². The molecule has 9 heteroatoms. The van der Waals surface area contributed by atoms with Crippen molar-refractivity contribution in [1.29, 1.82) is 0 Å². The van der Waals surface area contributed by atoms with E-state index in [1.54, 1.807) is 37.5 Å². The summed E-state index contributed by atoms with van der Waals surface area (Å²) in [6.45, 7) is 4.87. The van der Waals surface area contributed by atoms with Crippen LogP contribution >= 0.6 is 0 Å². The minimum Gasteiger partial charge on any atom is -0.493 e. The van der Waals surface area contributed by atoms with Crippen LogP contribution in [0.1, 0.15) is 25.8 Å². The second-order valence-electron chi connectivity index (χ2n) is 8.11. The Labute approximate surface area is 206 Å². The summed E-state index contributed by atoms with van der Waals surface area (Å²) >= 11 is 0. The molecule has 3 aromatic rings. The van der Waals surface area contributed by atoms with E-state index >= 15 is 0 Å². The van der Waals surface area contributed by atoms with Crippen LogP contribution in [-0.2, 0) is 14.8 Å². The Kier molecular flexibility index (Phi) is 8.86. The number of anilines is 2. The van der Waals surface area contributed by atoms with Gasteiger partial charge < -0.3 is 14.8 Å². The van der Waals surface area contributed by atoms with Gasteiger partial charge in [-0.2, -0.15) is 0 Å². The first-order valence-electron chi connectivity index (χ1n) is 11.1. The molecule has 3 rings (SSSR count). The van der Waals surface area contributed by atoms with Gasteiger partial charge in [0.1, 0.15) is 5.82 Å². The Balaban J connectivity index is 1.59.